The molecule has 0 unspecified atom stereocenters. The maximum atomic E-state index is 11.6. The van der Waals surface area contributed by atoms with Crippen LogP contribution in [0.1, 0.15) is 27.7 Å². The molecule has 1 aromatic heterocycles. The van der Waals surface area contributed by atoms with Crippen molar-refractivity contribution in [3.05, 3.63) is 18.7 Å². The molecular weight excluding hydrogens is 190 g/mol. The lowest BCUT2D eigenvalue weighted by molar-refractivity contribution is 0.217. The molecule has 0 saturated carbocycles. The van der Waals surface area contributed by atoms with E-state index in [1.165, 1.54) is 10.9 Å². The van der Waals surface area contributed by atoms with Gasteiger partial charge in [0.2, 0.25) is 0 Å². The number of hydrogen-bond donors (Lipinski definition) is 1. The van der Waals surface area contributed by atoms with E-state index in [-0.39, 0.29) is 11.4 Å². The summed E-state index contributed by atoms with van der Waals surface area (Å²) in [6.45, 7) is 9.27. The lowest BCUT2D eigenvalue weighted by atomic mass is 9.81. The van der Waals surface area contributed by atoms with Crippen LogP contribution in [0, 0.1) is 11.3 Å². The third kappa shape index (κ3) is 3.08. The Hall–Kier alpha value is -1.32. The fraction of sp³-hybridized carbons (Fsp3) is 0.636. The summed E-state index contributed by atoms with van der Waals surface area (Å²) in [7, 11) is 0. The number of aromatic nitrogens is 2. The van der Waals surface area contributed by atoms with E-state index < -0.39 is 0 Å². The molecule has 1 N–H and O–H groups in total. The molecule has 0 saturated heterocycles. The predicted octanol–water partition coefficient (Wildman–Crippen LogP) is 2.12. The Labute approximate surface area is 90.7 Å². The standard InChI is InChI=1S/C11H19N3O/c1-9(2)11(3,4)7-13-10(15)14-6-5-12-8-14/h5-6,8-9H,7H2,1-4H3,(H,13,15). The molecule has 0 spiro atoms. The molecule has 0 radical (unpaired) electrons. The minimum atomic E-state index is -0.124. The molecule has 0 aliphatic rings. The summed E-state index contributed by atoms with van der Waals surface area (Å²) in [6.07, 6.45) is 4.72. The van der Waals surface area contributed by atoms with Gasteiger partial charge in [0, 0.05) is 18.9 Å². The van der Waals surface area contributed by atoms with Crippen molar-refractivity contribution in [2.75, 3.05) is 6.54 Å². The van der Waals surface area contributed by atoms with Crippen LogP contribution in [-0.2, 0) is 0 Å². The Bertz CT molecular complexity index is 315. The van der Waals surface area contributed by atoms with Crippen molar-refractivity contribution in [1.29, 1.82) is 0 Å². The predicted molar refractivity (Wildman–Crippen MR) is 59.6 cm³/mol. The van der Waals surface area contributed by atoms with Crippen LogP contribution in [0.25, 0.3) is 0 Å². The van der Waals surface area contributed by atoms with Gasteiger partial charge in [0.15, 0.2) is 0 Å². The zero-order valence-corrected chi connectivity index (χ0v) is 9.82. The van der Waals surface area contributed by atoms with Gasteiger partial charge in [-0.1, -0.05) is 27.7 Å². The van der Waals surface area contributed by atoms with Crippen molar-refractivity contribution in [3.8, 4) is 0 Å². The van der Waals surface area contributed by atoms with E-state index in [1.54, 1.807) is 12.4 Å². The van der Waals surface area contributed by atoms with Crippen molar-refractivity contribution in [1.82, 2.24) is 14.9 Å². The van der Waals surface area contributed by atoms with Crippen LogP contribution in [0.3, 0.4) is 0 Å². The molecule has 1 rings (SSSR count). The first-order chi connectivity index (χ1) is 6.93. The van der Waals surface area contributed by atoms with Crippen molar-refractivity contribution in [2.45, 2.75) is 27.7 Å². The Morgan fingerprint density at radius 3 is 2.67 bits per heavy atom. The van der Waals surface area contributed by atoms with Gasteiger partial charge in [0.25, 0.3) is 0 Å². The molecule has 0 aliphatic carbocycles. The van der Waals surface area contributed by atoms with Crippen LogP contribution < -0.4 is 5.32 Å². The fourth-order valence-electron chi connectivity index (χ4n) is 0.978. The summed E-state index contributed by atoms with van der Waals surface area (Å²) in [4.78, 5) is 15.4. The fourth-order valence-corrected chi connectivity index (χ4v) is 0.978. The number of nitrogens with one attached hydrogen (secondary N) is 1. The van der Waals surface area contributed by atoms with Gasteiger partial charge in [-0.05, 0) is 11.3 Å². The molecule has 0 aliphatic heterocycles. The third-order valence-corrected chi connectivity index (χ3v) is 3.00. The number of hydrogen-bond acceptors (Lipinski definition) is 2. The average Bonchev–Trinajstić information content (AvgIpc) is 2.66. The molecular formula is C11H19N3O. The highest BCUT2D eigenvalue weighted by Crippen LogP contribution is 2.24. The van der Waals surface area contributed by atoms with Gasteiger partial charge in [-0.15, -0.1) is 0 Å². The molecule has 15 heavy (non-hydrogen) atoms. The SMILES string of the molecule is CC(C)C(C)(C)CNC(=O)n1ccnc1. The van der Waals surface area contributed by atoms with Crippen LogP contribution in [0.4, 0.5) is 4.79 Å². The van der Waals surface area contributed by atoms with Crippen LogP contribution in [0.2, 0.25) is 0 Å². The zero-order valence-electron chi connectivity index (χ0n) is 9.82. The highest BCUT2D eigenvalue weighted by atomic mass is 16.2. The number of nitrogens with zero attached hydrogens (tertiary/aromatic N) is 2. The number of rotatable bonds is 3. The van der Waals surface area contributed by atoms with E-state index in [1.807, 2.05) is 0 Å². The molecule has 0 bridgehead atoms. The van der Waals surface area contributed by atoms with E-state index in [0.29, 0.717) is 12.5 Å². The second kappa shape index (κ2) is 4.47. The van der Waals surface area contributed by atoms with Crippen molar-refractivity contribution in [3.63, 3.8) is 0 Å². The van der Waals surface area contributed by atoms with Gasteiger partial charge in [0.1, 0.15) is 6.33 Å². The molecule has 0 aromatic carbocycles. The molecule has 1 amide bonds. The van der Waals surface area contributed by atoms with Gasteiger partial charge in [-0.25, -0.2) is 9.78 Å². The Kier molecular flexibility index (Phi) is 3.50. The molecule has 1 heterocycles. The highest BCUT2D eigenvalue weighted by Gasteiger charge is 2.22. The van der Waals surface area contributed by atoms with E-state index in [2.05, 4.69) is 38.0 Å². The lowest BCUT2D eigenvalue weighted by Crippen LogP contribution is -2.38. The lowest BCUT2D eigenvalue weighted by Gasteiger charge is -2.29. The normalized spacial score (nSPS) is 11.8. The number of amides is 1. The zero-order chi connectivity index (χ0) is 11.5. The third-order valence-electron chi connectivity index (χ3n) is 3.00. The van der Waals surface area contributed by atoms with E-state index in [9.17, 15) is 4.79 Å². The van der Waals surface area contributed by atoms with Gasteiger partial charge < -0.3 is 5.32 Å². The summed E-state index contributed by atoms with van der Waals surface area (Å²) in [5.74, 6) is 0.528. The van der Waals surface area contributed by atoms with Gasteiger partial charge in [-0.3, -0.25) is 4.57 Å². The summed E-state index contributed by atoms with van der Waals surface area (Å²) in [5, 5.41) is 2.89. The Morgan fingerprint density at radius 1 is 1.53 bits per heavy atom. The monoisotopic (exact) mass is 209 g/mol. The first-order valence-electron chi connectivity index (χ1n) is 5.19. The molecule has 0 atom stereocenters. The Balaban J connectivity index is 2.48. The molecule has 1 aromatic rings. The van der Waals surface area contributed by atoms with Crippen LogP contribution >= 0.6 is 0 Å². The summed E-state index contributed by atoms with van der Waals surface area (Å²) >= 11 is 0. The van der Waals surface area contributed by atoms with E-state index in [4.69, 9.17) is 0 Å². The van der Waals surface area contributed by atoms with Crippen molar-refractivity contribution < 1.29 is 4.79 Å². The minimum Gasteiger partial charge on any atom is -0.337 e. The van der Waals surface area contributed by atoms with Crippen LogP contribution in [0.15, 0.2) is 18.7 Å². The summed E-state index contributed by atoms with van der Waals surface area (Å²) in [5.41, 5.74) is 0.107. The van der Waals surface area contributed by atoms with E-state index >= 15 is 0 Å². The topological polar surface area (TPSA) is 46.9 Å². The maximum Gasteiger partial charge on any atom is 0.326 e. The second-order valence-electron chi connectivity index (χ2n) is 4.77. The van der Waals surface area contributed by atoms with Gasteiger partial charge in [0.05, 0.1) is 0 Å². The maximum absolute atomic E-state index is 11.6. The average molecular weight is 209 g/mol. The molecule has 4 nitrogen and oxygen atoms in total. The molecule has 0 fully saturated rings. The minimum absolute atomic E-state index is 0.107. The number of imidazole rings is 1. The first-order valence-corrected chi connectivity index (χ1v) is 5.19. The van der Waals surface area contributed by atoms with Gasteiger partial charge >= 0.3 is 6.03 Å². The summed E-state index contributed by atoms with van der Waals surface area (Å²) < 4.78 is 1.44. The van der Waals surface area contributed by atoms with Crippen molar-refractivity contribution in [2.24, 2.45) is 11.3 Å². The quantitative estimate of drug-likeness (QED) is 0.829. The summed E-state index contributed by atoms with van der Waals surface area (Å²) in [6, 6.07) is -0.124. The molecule has 4 heteroatoms. The number of carbonyl (C=O) groups is 1. The van der Waals surface area contributed by atoms with Crippen molar-refractivity contribution >= 4 is 6.03 Å². The van der Waals surface area contributed by atoms with E-state index in [0.717, 1.165) is 0 Å². The first kappa shape index (κ1) is 11.8. The highest BCUT2D eigenvalue weighted by molar-refractivity contribution is 5.76. The Morgan fingerprint density at radius 2 is 2.20 bits per heavy atom. The largest absolute Gasteiger partial charge is 0.337 e. The second-order valence-corrected chi connectivity index (χ2v) is 4.77. The number of carbonyl (C=O) groups excluding carboxylic acids is 1. The van der Waals surface area contributed by atoms with Gasteiger partial charge in [-0.2, -0.15) is 0 Å². The van der Waals surface area contributed by atoms with Crippen LogP contribution in [0.5, 0.6) is 0 Å². The molecule has 84 valence electrons. The van der Waals surface area contributed by atoms with Crippen LogP contribution in [-0.4, -0.2) is 22.1 Å². The smallest absolute Gasteiger partial charge is 0.326 e.